The van der Waals surface area contributed by atoms with Gasteiger partial charge in [-0.05, 0) is 43.5 Å². The second-order valence-corrected chi connectivity index (χ2v) is 10.7. The fraction of sp³-hybridized carbons (Fsp3) is 0.433. The van der Waals surface area contributed by atoms with Crippen molar-refractivity contribution in [3.63, 3.8) is 0 Å². The number of halogens is 1. The molecule has 0 unspecified atom stereocenters. The van der Waals surface area contributed by atoms with Crippen LogP contribution in [0.3, 0.4) is 0 Å². The van der Waals surface area contributed by atoms with Gasteiger partial charge in [0.05, 0.1) is 5.54 Å². The molecule has 1 fully saturated rings. The zero-order valence-electron chi connectivity index (χ0n) is 22.5. The van der Waals surface area contributed by atoms with E-state index in [2.05, 4.69) is 16.0 Å². The van der Waals surface area contributed by atoms with E-state index in [9.17, 15) is 14.4 Å². The maximum absolute atomic E-state index is 13.7. The van der Waals surface area contributed by atoms with Crippen molar-refractivity contribution < 1.29 is 19.1 Å². The van der Waals surface area contributed by atoms with Gasteiger partial charge in [0.2, 0.25) is 17.7 Å². The summed E-state index contributed by atoms with van der Waals surface area (Å²) in [7, 11) is 1.65. The minimum Gasteiger partial charge on any atom is -0.492 e. The van der Waals surface area contributed by atoms with E-state index in [4.69, 9.17) is 16.3 Å². The van der Waals surface area contributed by atoms with Gasteiger partial charge in [-0.25, -0.2) is 0 Å². The van der Waals surface area contributed by atoms with E-state index in [1.54, 1.807) is 26.1 Å². The summed E-state index contributed by atoms with van der Waals surface area (Å²) in [6.07, 6.45) is 7.27. The lowest BCUT2D eigenvalue weighted by Gasteiger charge is -2.36. The number of carbonyl (C=O) groups is 3. The summed E-state index contributed by atoms with van der Waals surface area (Å²) < 4.78 is 6.05. The Bertz CT molecular complexity index is 1210. The first-order valence-electron chi connectivity index (χ1n) is 13.5. The van der Waals surface area contributed by atoms with E-state index in [1.165, 1.54) is 4.90 Å². The third kappa shape index (κ3) is 7.19. The second kappa shape index (κ2) is 13.1. The van der Waals surface area contributed by atoms with Crippen LogP contribution in [-0.4, -0.2) is 67.0 Å². The van der Waals surface area contributed by atoms with E-state index in [-0.39, 0.29) is 24.8 Å². The van der Waals surface area contributed by atoms with Crippen LogP contribution in [0.5, 0.6) is 5.75 Å². The van der Waals surface area contributed by atoms with Gasteiger partial charge in [-0.2, -0.15) is 0 Å². The number of nitrogens with one attached hydrogen (secondary N) is 3. The minimum atomic E-state index is -0.844. The van der Waals surface area contributed by atoms with E-state index < -0.39 is 23.5 Å². The number of likely N-dealkylation sites (N-methyl/N-ethyl adjacent to an activating group) is 1. The van der Waals surface area contributed by atoms with Crippen molar-refractivity contribution in [2.24, 2.45) is 0 Å². The van der Waals surface area contributed by atoms with Crippen LogP contribution in [0.15, 0.2) is 54.6 Å². The largest absolute Gasteiger partial charge is 0.492 e. The third-order valence-corrected chi connectivity index (χ3v) is 7.78. The third-order valence-electron chi connectivity index (χ3n) is 7.54. The molecule has 1 saturated carbocycles. The Balaban J connectivity index is 1.61. The molecule has 9 heteroatoms. The quantitative estimate of drug-likeness (QED) is 0.531. The molecule has 3 N–H and O–H groups in total. The van der Waals surface area contributed by atoms with Gasteiger partial charge in [-0.3, -0.25) is 19.7 Å². The molecule has 1 spiro atoms. The molecular formula is C30H37ClN4O4. The van der Waals surface area contributed by atoms with Gasteiger partial charge in [0, 0.05) is 37.1 Å². The molecule has 0 aromatic heterocycles. The first kappa shape index (κ1) is 28.6. The standard InChI is InChI=1S/C30H37ClN4O4/c1-21-27(36)34-25(20-22-9-7-12-24(31)19-22)28(37)32-16-8-11-23-10-3-4-13-26(23)39-18-17-33-30(14-5-6-15-30)29(38)35(21)2/h3-4,7-13,19,21,25,33H,5-6,14-18,20H2,1-2H3,(H,32,37)(H,34,36)/t21-,25-/m1/s1. The normalized spacial score (nSPS) is 22.8. The average Bonchev–Trinajstić information content (AvgIpc) is 3.42. The highest BCUT2D eigenvalue weighted by Gasteiger charge is 2.44. The van der Waals surface area contributed by atoms with Crippen LogP contribution in [-0.2, 0) is 20.8 Å². The Hall–Kier alpha value is -3.36. The number of benzene rings is 2. The van der Waals surface area contributed by atoms with Crippen molar-refractivity contribution in [2.45, 2.75) is 56.7 Å². The van der Waals surface area contributed by atoms with Gasteiger partial charge in [0.1, 0.15) is 24.4 Å². The Kier molecular flexibility index (Phi) is 9.64. The molecule has 1 aliphatic heterocycles. The van der Waals surface area contributed by atoms with Crippen molar-refractivity contribution in [1.29, 1.82) is 0 Å². The summed E-state index contributed by atoms with van der Waals surface area (Å²) >= 11 is 6.16. The molecule has 2 aromatic carbocycles. The smallest absolute Gasteiger partial charge is 0.243 e. The molecule has 0 saturated heterocycles. The first-order chi connectivity index (χ1) is 18.8. The minimum absolute atomic E-state index is 0.122. The molecule has 208 valence electrons. The van der Waals surface area contributed by atoms with Crippen LogP contribution in [0.2, 0.25) is 5.02 Å². The monoisotopic (exact) mass is 552 g/mol. The molecule has 2 aliphatic rings. The Labute approximate surface area is 235 Å². The summed E-state index contributed by atoms with van der Waals surface area (Å²) in [5, 5.41) is 9.78. The van der Waals surface area contributed by atoms with Gasteiger partial charge >= 0.3 is 0 Å². The number of carbonyl (C=O) groups excluding carboxylic acids is 3. The lowest BCUT2D eigenvalue weighted by atomic mass is 9.94. The SMILES string of the molecule is C[C@@H]1C(=O)N[C@H](Cc2cccc(Cl)c2)C(=O)NCC=Cc2ccccc2OCCNC2(CCCC2)C(=O)N1C. The molecule has 4 rings (SSSR count). The summed E-state index contributed by atoms with van der Waals surface area (Å²) in [4.78, 5) is 41.8. The molecule has 2 aromatic rings. The number of fused-ring (bicyclic) bond motifs is 1. The molecule has 1 aliphatic carbocycles. The fourth-order valence-electron chi connectivity index (χ4n) is 5.20. The highest BCUT2D eigenvalue weighted by molar-refractivity contribution is 6.30. The first-order valence-corrected chi connectivity index (χ1v) is 13.9. The molecule has 39 heavy (non-hydrogen) atoms. The number of para-hydroxylation sites is 1. The van der Waals surface area contributed by atoms with E-state index in [1.807, 2.05) is 48.6 Å². The molecule has 0 bridgehead atoms. The molecule has 2 atom stereocenters. The number of hydrogen-bond acceptors (Lipinski definition) is 5. The summed E-state index contributed by atoms with van der Waals surface area (Å²) in [6.45, 7) is 2.84. The zero-order valence-corrected chi connectivity index (χ0v) is 23.3. The lowest BCUT2D eigenvalue weighted by Crippen LogP contribution is -2.61. The van der Waals surface area contributed by atoms with Crippen LogP contribution in [0, 0.1) is 0 Å². The predicted octanol–water partition coefficient (Wildman–Crippen LogP) is 3.34. The van der Waals surface area contributed by atoms with Gasteiger partial charge in [0.25, 0.3) is 0 Å². The van der Waals surface area contributed by atoms with Crippen LogP contribution >= 0.6 is 11.6 Å². The Morgan fingerprint density at radius 2 is 1.82 bits per heavy atom. The molecule has 0 radical (unpaired) electrons. The number of amides is 3. The van der Waals surface area contributed by atoms with E-state index in [0.717, 1.165) is 29.7 Å². The number of ether oxygens (including phenoxy) is 1. The summed E-state index contributed by atoms with van der Waals surface area (Å²) in [5.41, 5.74) is 0.962. The van der Waals surface area contributed by atoms with Gasteiger partial charge in [-0.15, -0.1) is 0 Å². The Morgan fingerprint density at radius 3 is 2.59 bits per heavy atom. The number of rotatable bonds is 2. The van der Waals surface area contributed by atoms with Gasteiger partial charge < -0.3 is 20.3 Å². The van der Waals surface area contributed by atoms with Crippen molar-refractivity contribution in [3.8, 4) is 5.75 Å². The number of hydrogen-bond donors (Lipinski definition) is 3. The van der Waals surface area contributed by atoms with Crippen molar-refractivity contribution in [3.05, 3.63) is 70.8 Å². The van der Waals surface area contributed by atoms with Crippen molar-refractivity contribution >= 4 is 35.4 Å². The van der Waals surface area contributed by atoms with E-state index in [0.29, 0.717) is 31.0 Å². The maximum Gasteiger partial charge on any atom is 0.243 e. The van der Waals surface area contributed by atoms with Crippen molar-refractivity contribution in [2.75, 3.05) is 26.7 Å². The highest BCUT2D eigenvalue weighted by atomic mass is 35.5. The molecule has 8 nitrogen and oxygen atoms in total. The highest BCUT2D eigenvalue weighted by Crippen LogP contribution is 2.32. The molecule has 3 amide bonds. The Morgan fingerprint density at radius 1 is 1.05 bits per heavy atom. The van der Waals surface area contributed by atoms with Crippen LogP contribution in [0.4, 0.5) is 0 Å². The lowest BCUT2D eigenvalue weighted by molar-refractivity contribution is -0.144. The zero-order chi connectivity index (χ0) is 27.8. The average molecular weight is 553 g/mol. The van der Waals surface area contributed by atoms with E-state index >= 15 is 0 Å². The van der Waals surface area contributed by atoms with Crippen molar-refractivity contribution in [1.82, 2.24) is 20.9 Å². The topological polar surface area (TPSA) is 99.8 Å². The molecular weight excluding hydrogens is 516 g/mol. The van der Waals surface area contributed by atoms with Crippen LogP contribution in [0.1, 0.15) is 43.7 Å². The summed E-state index contributed by atoms with van der Waals surface area (Å²) in [5.74, 6) is -0.113. The van der Waals surface area contributed by atoms with Gasteiger partial charge in [-0.1, -0.05) is 66.9 Å². The second-order valence-electron chi connectivity index (χ2n) is 10.2. The molecule has 1 heterocycles. The van der Waals surface area contributed by atoms with Gasteiger partial charge in [0.15, 0.2) is 0 Å². The summed E-state index contributed by atoms with van der Waals surface area (Å²) in [6, 6.07) is 13.3. The fourth-order valence-corrected chi connectivity index (χ4v) is 5.42. The van der Waals surface area contributed by atoms with Crippen LogP contribution in [0.25, 0.3) is 6.08 Å². The number of nitrogens with zero attached hydrogens (tertiary/aromatic N) is 1. The predicted molar refractivity (Wildman–Crippen MR) is 153 cm³/mol. The van der Waals surface area contributed by atoms with Crippen LogP contribution < -0.4 is 20.7 Å². The maximum atomic E-state index is 13.7.